The molecule has 1 aromatic rings. The van der Waals surface area contributed by atoms with Crippen molar-refractivity contribution in [1.82, 2.24) is 5.32 Å². The number of rotatable bonds is 1. The van der Waals surface area contributed by atoms with Crippen LogP contribution in [0, 0.1) is 0 Å². The van der Waals surface area contributed by atoms with Crippen molar-refractivity contribution in [3.8, 4) is 0 Å². The summed E-state index contributed by atoms with van der Waals surface area (Å²) in [5, 5.41) is 3.64. The molecule has 0 spiro atoms. The van der Waals surface area contributed by atoms with Crippen LogP contribution >= 0.6 is 0 Å². The molecule has 3 rings (SSSR count). The molecule has 1 N–H and O–H groups in total. The first kappa shape index (κ1) is 9.22. The molecule has 2 aliphatic rings. The zero-order chi connectivity index (χ0) is 10.1. The molecule has 0 aromatic heterocycles. The molecule has 1 saturated heterocycles. The Bertz CT molecular complexity index is 323. The molecule has 2 atom stereocenters. The van der Waals surface area contributed by atoms with E-state index in [9.17, 15) is 0 Å². The molecule has 2 heteroatoms. The number of para-hydroxylation sites is 1. The SMILES string of the molecule is c1ccc(N2CCNC3CCCC32)cc1. The summed E-state index contributed by atoms with van der Waals surface area (Å²) in [6.07, 6.45) is 4.09. The Kier molecular flexibility index (Phi) is 2.37. The van der Waals surface area contributed by atoms with Crippen molar-refractivity contribution in [2.45, 2.75) is 31.3 Å². The van der Waals surface area contributed by atoms with Crippen LogP contribution in [0.25, 0.3) is 0 Å². The summed E-state index contributed by atoms with van der Waals surface area (Å²) in [5.74, 6) is 0. The second-order valence-corrected chi connectivity index (χ2v) is 4.59. The smallest absolute Gasteiger partial charge is 0.0443 e. The second kappa shape index (κ2) is 3.86. The Balaban J connectivity index is 1.85. The number of anilines is 1. The third-order valence-corrected chi connectivity index (χ3v) is 3.73. The average Bonchev–Trinajstić information content (AvgIpc) is 2.78. The molecule has 0 radical (unpaired) electrons. The first-order chi connectivity index (χ1) is 7.45. The Morgan fingerprint density at radius 1 is 1.13 bits per heavy atom. The summed E-state index contributed by atoms with van der Waals surface area (Å²) >= 11 is 0. The van der Waals surface area contributed by atoms with E-state index in [1.165, 1.54) is 24.9 Å². The summed E-state index contributed by atoms with van der Waals surface area (Å²) < 4.78 is 0. The van der Waals surface area contributed by atoms with Gasteiger partial charge in [0.25, 0.3) is 0 Å². The first-order valence-electron chi connectivity index (χ1n) is 6.00. The quantitative estimate of drug-likeness (QED) is 0.749. The van der Waals surface area contributed by atoms with Crippen LogP contribution in [-0.2, 0) is 0 Å². The highest BCUT2D eigenvalue weighted by atomic mass is 15.2. The fourth-order valence-corrected chi connectivity index (χ4v) is 3.03. The van der Waals surface area contributed by atoms with Crippen molar-refractivity contribution >= 4 is 5.69 Å². The standard InChI is InChI=1S/C13H18N2/c1-2-5-11(6-3-1)15-10-9-14-12-7-4-8-13(12)15/h1-3,5-6,12-14H,4,7-10H2. The molecule has 1 heterocycles. The topological polar surface area (TPSA) is 15.3 Å². The minimum Gasteiger partial charge on any atom is -0.366 e. The fourth-order valence-electron chi connectivity index (χ4n) is 3.03. The molecular weight excluding hydrogens is 184 g/mol. The van der Waals surface area contributed by atoms with E-state index >= 15 is 0 Å². The minimum absolute atomic E-state index is 0.735. The maximum absolute atomic E-state index is 3.64. The summed E-state index contributed by atoms with van der Waals surface area (Å²) in [6.45, 7) is 2.29. The van der Waals surface area contributed by atoms with Crippen molar-refractivity contribution in [3.63, 3.8) is 0 Å². The van der Waals surface area contributed by atoms with Crippen molar-refractivity contribution in [2.75, 3.05) is 18.0 Å². The summed E-state index contributed by atoms with van der Waals surface area (Å²) in [5.41, 5.74) is 1.40. The van der Waals surface area contributed by atoms with Gasteiger partial charge < -0.3 is 10.2 Å². The Morgan fingerprint density at radius 3 is 2.87 bits per heavy atom. The third kappa shape index (κ3) is 1.63. The lowest BCUT2D eigenvalue weighted by Gasteiger charge is -2.40. The number of piperazine rings is 1. The number of fused-ring (bicyclic) bond motifs is 1. The van der Waals surface area contributed by atoms with Crippen LogP contribution in [0.4, 0.5) is 5.69 Å². The van der Waals surface area contributed by atoms with Crippen LogP contribution in [0.1, 0.15) is 19.3 Å². The zero-order valence-electron chi connectivity index (χ0n) is 9.02. The van der Waals surface area contributed by atoms with Crippen LogP contribution < -0.4 is 10.2 Å². The number of nitrogens with one attached hydrogen (secondary N) is 1. The van der Waals surface area contributed by atoms with Crippen LogP contribution in [0.3, 0.4) is 0 Å². The van der Waals surface area contributed by atoms with Crippen LogP contribution in [-0.4, -0.2) is 25.2 Å². The lowest BCUT2D eigenvalue weighted by molar-refractivity contribution is 0.404. The Morgan fingerprint density at radius 2 is 2.00 bits per heavy atom. The van der Waals surface area contributed by atoms with Gasteiger partial charge >= 0.3 is 0 Å². The highest BCUT2D eigenvalue weighted by molar-refractivity contribution is 5.48. The second-order valence-electron chi connectivity index (χ2n) is 4.59. The van der Waals surface area contributed by atoms with Gasteiger partial charge in [-0.15, -0.1) is 0 Å². The van der Waals surface area contributed by atoms with Gasteiger partial charge in [-0.3, -0.25) is 0 Å². The van der Waals surface area contributed by atoms with E-state index in [0.717, 1.165) is 25.2 Å². The lowest BCUT2D eigenvalue weighted by Crippen LogP contribution is -2.55. The largest absolute Gasteiger partial charge is 0.366 e. The van der Waals surface area contributed by atoms with Gasteiger partial charge in [-0.1, -0.05) is 18.2 Å². The minimum atomic E-state index is 0.735. The van der Waals surface area contributed by atoms with Gasteiger partial charge in [0.05, 0.1) is 0 Å². The van der Waals surface area contributed by atoms with Crippen LogP contribution in [0.15, 0.2) is 30.3 Å². The predicted octanol–water partition coefficient (Wildman–Crippen LogP) is 2.02. The van der Waals surface area contributed by atoms with Crippen molar-refractivity contribution in [3.05, 3.63) is 30.3 Å². The van der Waals surface area contributed by atoms with Gasteiger partial charge in [0, 0.05) is 30.9 Å². The molecule has 2 unspecified atom stereocenters. The summed E-state index contributed by atoms with van der Waals surface area (Å²) in [6, 6.07) is 12.3. The van der Waals surface area contributed by atoms with E-state index in [2.05, 4.69) is 40.5 Å². The Hall–Kier alpha value is -1.02. The number of benzene rings is 1. The average molecular weight is 202 g/mol. The van der Waals surface area contributed by atoms with E-state index in [4.69, 9.17) is 0 Å². The zero-order valence-corrected chi connectivity index (χ0v) is 9.02. The molecule has 15 heavy (non-hydrogen) atoms. The summed E-state index contributed by atoms with van der Waals surface area (Å²) in [4.78, 5) is 2.59. The maximum Gasteiger partial charge on any atom is 0.0443 e. The normalized spacial score (nSPS) is 30.3. The third-order valence-electron chi connectivity index (χ3n) is 3.73. The van der Waals surface area contributed by atoms with Crippen molar-refractivity contribution in [1.29, 1.82) is 0 Å². The number of nitrogens with zero attached hydrogens (tertiary/aromatic N) is 1. The first-order valence-corrected chi connectivity index (χ1v) is 6.00. The molecule has 0 amide bonds. The van der Waals surface area contributed by atoms with E-state index in [-0.39, 0.29) is 0 Å². The van der Waals surface area contributed by atoms with Crippen molar-refractivity contribution < 1.29 is 0 Å². The maximum atomic E-state index is 3.64. The van der Waals surface area contributed by atoms with Gasteiger partial charge in [-0.05, 0) is 31.4 Å². The van der Waals surface area contributed by atoms with Gasteiger partial charge in [0.2, 0.25) is 0 Å². The molecule has 0 bridgehead atoms. The van der Waals surface area contributed by atoms with E-state index in [1.807, 2.05) is 0 Å². The lowest BCUT2D eigenvalue weighted by atomic mass is 10.1. The molecular formula is C13H18N2. The van der Waals surface area contributed by atoms with E-state index < -0.39 is 0 Å². The van der Waals surface area contributed by atoms with E-state index in [0.29, 0.717) is 0 Å². The predicted molar refractivity (Wildman–Crippen MR) is 63.2 cm³/mol. The van der Waals surface area contributed by atoms with Gasteiger partial charge in [-0.2, -0.15) is 0 Å². The van der Waals surface area contributed by atoms with Crippen LogP contribution in [0.2, 0.25) is 0 Å². The molecule has 1 saturated carbocycles. The molecule has 1 aliphatic heterocycles. The fraction of sp³-hybridized carbons (Fsp3) is 0.538. The van der Waals surface area contributed by atoms with E-state index in [1.54, 1.807) is 0 Å². The summed E-state index contributed by atoms with van der Waals surface area (Å²) in [7, 11) is 0. The highest BCUT2D eigenvalue weighted by Crippen LogP contribution is 2.30. The monoisotopic (exact) mass is 202 g/mol. The Labute approximate surface area is 91.3 Å². The van der Waals surface area contributed by atoms with Crippen LogP contribution in [0.5, 0.6) is 0 Å². The van der Waals surface area contributed by atoms with Gasteiger partial charge in [0.15, 0.2) is 0 Å². The highest BCUT2D eigenvalue weighted by Gasteiger charge is 2.34. The molecule has 2 fully saturated rings. The molecule has 2 nitrogen and oxygen atoms in total. The van der Waals surface area contributed by atoms with Crippen molar-refractivity contribution in [2.24, 2.45) is 0 Å². The molecule has 1 aromatic carbocycles. The number of hydrogen-bond acceptors (Lipinski definition) is 2. The van der Waals surface area contributed by atoms with Gasteiger partial charge in [-0.25, -0.2) is 0 Å². The van der Waals surface area contributed by atoms with Gasteiger partial charge in [0.1, 0.15) is 0 Å². The number of hydrogen-bond donors (Lipinski definition) is 1. The molecule has 80 valence electrons. The molecule has 1 aliphatic carbocycles.